The van der Waals surface area contributed by atoms with E-state index in [4.69, 9.17) is 10.8 Å². The summed E-state index contributed by atoms with van der Waals surface area (Å²) in [4.78, 5) is 13.3. The van der Waals surface area contributed by atoms with Gasteiger partial charge in [0.2, 0.25) is 5.91 Å². The minimum Gasteiger partial charge on any atom is -0.382 e. The first-order valence-electron chi connectivity index (χ1n) is 4.50. The molecule has 2 unspecified atom stereocenters. The highest BCUT2D eigenvalue weighted by molar-refractivity contribution is 5.81. The number of likely N-dealkylation sites (tertiary alicyclic amines) is 1. The molecule has 5 nitrogen and oxygen atoms in total. The van der Waals surface area contributed by atoms with Crippen molar-refractivity contribution in [2.45, 2.75) is 18.6 Å². The number of likely N-dealkylation sites (N-methyl/N-ethyl adjacent to an activating group) is 1. The Labute approximate surface area is 77.9 Å². The van der Waals surface area contributed by atoms with Gasteiger partial charge in [0.1, 0.15) is 6.10 Å². The van der Waals surface area contributed by atoms with Crippen molar-refractivity contribution >= 4 is 5.91 Å². The molecular weight excluding hydrogens is 170 g/mol. The molecule has 1 heterocycles. The summed E-state index contributed by atoms with van der Waals surface area (Å²) in [7, 11) is 2.01. The van der Waals surface area contributed by atoms with Gasteiger partial charge in [-0.1, -0.05) is 0 Å². The number of carbonyl (C=O) groups is 1. The van der Waals surface area contributed by atoms with Crippen molar-refractivity contribution in [2.24, 2.45) is 5.73 Å². The Hall–Kier alpha value is -0.650. The third-order valence-corrected chi connectivity index (χ3v) is 2.26. The maximum atomic E-state index is 11.2. The van der Waals surface area contributed by atoms with E-state index in [-0.39, 0.29) is 18.5 Å². The zero-order chi connectivity index (χ0) is 9.84. The highest BCUT2D eigenvalue weighted by Gasteiger charge is 2.23. The monoisotopic (exact) mass is 187 g/mol. The van der Waals surface area contributed by atoms with Crippen LogP contribution in [0.2, 0.25) is 0 Å². The Kier molecular flexibility index (Phi) is 3.65. The van der Waals surface area contributed by atoms with Gasteiger partial charge in [-0.05, 0) is 20.0 Å². The largest absolute Gasteiger partial charge is 0.382 e. The number of carbonyl (C=O) groups excluding carboxylic acids is 1. The minimum atomic E-state index is -1.06. The molecule has 0 aliphatic carbocycles. The van der Waals surface area contributed by atoms with Crippen LogP contribution in [-0.4, -0.2) is 54.7 Å². The van der Waals surface area contributed by atoms with Crippen molar-refractivity contribution in [3.05, 3.63) is 0 Å². The van der Waals surface area contributed by atoms with Gasteiger partial charge in [-0.25, -0.2) is 0 Å². The number of hydrogen-bond donors (Lipinski definition) is 3. The SMILES string of the molecule is CN1CCC(NC(=O)C(O)CN)C1. The van der Waals surface area contributed by atoms with Gasteiger partial charge < -0.3 is 21.1 Å². The van der Waals surface area contributed by atoms with Gasteiger partial charge in [-0.3, -0.25) is 4.79 Å². The van der Waals surface area contributed by atoms with E-state index in [1.54, 1.807) is 0 Å². The lowest BCUT2D eigenvalue weighted by atomic mass is 10.2. The van der Waals surface area contributed by atoms with Crippen molar-refractivity contribution in [2.75, 3.05) is 26.7 Å². The van der Waals surface area contributed by atoms with E-state index in [1.807, 2.05) is 7.05 Å². The molecule has 76 valence electrons. The van der Waals surface area contributed by atoms with Gasteiger partial charge >= 0.3 is 0 Å². The molecule has 1 amide bonds. The van der Waals surface area contributed by atoms with Gasteiger partial charge in [0, 0.05) is 19.1 Å². The molecule has 1 rings (SSSR count). The van der Waals surface area contributed by atoms with Crippen LogP contribution in [0, 0.1) is 0 Å². The smallest absolute Gasteiger partial charge is 0.250 e. The predicted octanol–water partition coefficient (Wildman–Crippen LogP) is -1.87. The fraction of sp³-hybridized carbons (Fsp3) is 0.875. The summed E-state index contributed by atoms with van der Waals surface area (Å²) in [5, 5.41) is 11.9. The van der Waals surface area contributed by atoms with E-state index < -0.39 is 6.10 Å². The summed E-state index contributed by atoms with van der Waals surface area (Å²) in [6, 6.07) is 0.165. The molecule has 1 aliphatic rings. The molecule has 5 heteroatoms. The first kappa shape index (κ1) is 10.4. The lowest BCUT2D eigenvalue weighted by Gasteiger charge is -2.14. The number of nitrogens with one attached hydrogen (secondary N) is 1. The number of amides is 1. The van der Waals surface area contributed by atoms with Crippen molar-refractivity contribution in [1.29, 1.82) is 0 Å². The molecule has 1 fully saturated rings. The highest BCUT2D eigenvalue weighted by atomic mass is 16.3. The number of aliphatic hydroxyl groups is 1. The molecule has 0 bridgehead atoms. The number of hydrogen-bond acceptors (Lipinski definition) is 4. The topological polar surface area (TPSA) is 78.6 Å². The van der Waals surface area contributed by atoms with Crippen LogP contribution < -0.4 is 11.1 Å². The van der Waals surface area contributed by atoms with Gasteiger partial charge in [0.25, 0.3) is 0 Å². The van der Waals surface area contributed by atoms with Gasteiger partial charge in [0.15, 0.2) is 0 Å². The number of nitrogens with two attached hydrogens (primary N) is 1. The van der Waals surface area contributed by atoms with E-state index in [1.165, 1.54) is 0 Å². The Morgan fingerprint density at radius 2 is 2.54 bits per heavy atom. The lowest BCUT2D eigenvalue weighted by Crippen LogP contribution is -2.45. The first-order valence-corrected chi connectivity index (χ1v) is 4.50. The summed E-state index contributed by atoms with van der Waals surface area (Å²) >= 11 is 0. The molecule has 4 N–H and O–H groups in total. The molecule has 1 saturated heterocycles. The summed E-state index contributed by atoms with van der Waals surface area (Å²) in [6.45, 7) is 1.82. The fourth-order valence-electron chi connectivity index (χ4n) is 1.46. The second-order valence-corrected chi connectivity index (χ2v) is 3.51. The second kappa shape index (κ2) is 4.55. The van der Waals surface area contributed by atoms with Crippen LogP contribution in [0.4, 0.5) is 0 Å². The van der Waals surface area contributed by atoms with Crippen molar-refractivity contribution in [1.82, 2.24) is 10.2 Å². The fourth-order valence-corrected chi connectivity index (χ4v) is 1.46. The van der Waals surface area contributed by atoms with Crippen LogP contribution in [0.1, 0.15) is 6.42 Å². The van der Waals surface area contributed by atoms with Crippen LogP contribution >= 0.6 is 0 Å². The van der Waals surface area contributed by atoms with E-state index in [0.717, 1.165) is 19.5 Å². The standard InChI is InChI=1S/C8H17N3O2/c1-11-3-2-6(5-11)10-8(13)7(12)4-9/h6-7,12H,2-5,9H2,1H3,(H,10,13). The van der Waals surface area contributed by atoms with Crippen molar-refractivity contribution in [3.63, 3.8) is 0 Å². The normalized spacial score (nSPS) is 25.9. The van der Waals surface area contributed by atoms with Gasteiger partial charge in [-0.2, -0.15) is 0 Å². The van der Waals surface area contributed by atoms with Gasteiger partial charge in [-0.15, -0.1) is 0 Å². The zero-order valence-corrected chi connectivity index (χ0v) is 7.86. The maximum Gasteiger partial charge on any atom is 0.250 e. The average molecular weight is 187 g/mol. The van der Waals surface area contributed by atoms with Crippen molar-refractivity contribution in [3.8, 4) is 0 Å². The van der Waals surface area contributed by atoms with Crippen molar-refractivity contribution < 1.29 is 9.90 Å². The number of nitrogens with zero attached hydrogens (tertiary/aromatic N) is 1. The van der Waals surface area contributed by atoms with E-state index in [2.05, 4.69) is 10.2 Å². The number of rotatable bonds is 3. The van der Waals surface area contributed by atoms with E-state index in [0.29, 0.717) is 0 Å². The molecule has 0 saturated carbocycles. The Morgan fingerprint density at radius 1 is 1.85 bits per heavy atom. The molecule has 0 radical (unpaired) electrons. The molecule has 0 spiro atoms. The Bertz CT molecular complexity index is 186. The number of aliphatic hydroxyl groups excluding tert-OH is 1. The predicted molar refractivity (Wildman–Crippen MR) is 49.1 cm³/mol. The first-order chi connectivity index (χ1) is 6.13. The lowest BCUT2D eigenvalue weighted by molar-refractivity contribution is -0.129. The summed E-state index contributed by atoms with van der Waals surface area (Å²) in [5.41, 5.74) is 5.15. The van der Waals surface area contributed by atoms with E-state index in [9.17, 15) is 4.79 Å². The molecule has 0 aromatic rings. The molecule has 0 aromatic heterocycles. The Morgan fingerprint density at radius 3 is 3.00 bits per heavy atom. The summed E-state index contributed by atoms with van der Waals surface area (Å²) in [5.74, 6) is -0.359. The minimum absolute atomic E-state index is 0.0195. The quantitative estimate of drug-likeness (QED) is 0.483. The molecular formula is C8H17N3O2. The van der Waals surface area contributed by atoms with Crippen LogP contribution in [0.5, 0.6) is 0 Å². The Balaban J connectivity index is 2.28. The summed E-state index contributed by atoms with van der Waals surface area (Å²) in [6.07, 6.45) is -0.120. The van der Waals surface area contributed by atoms with E-state index >= 15 is 0 Å². The highest BCUT2D eigenvalue weighted by Crippen LogP contribution is 2.05. The van der Waals surface area contributed by atoms with Crippen LogP contribution in [0.15, 0.2) is 0 Å². The summed E-state index contributed by atoms with van der Waals surface area (Å²) < 4.78 is 0. The van der Waals surface area contributed by atoms with Crippen LogP contribution in [0.25, 0.3) is 0 Å². The third kappa shape index (κ3) is 2.95. The van der Waals surface area contributed by atoms with Gasteiger partial charge in [0.05, 0.1) is 0 Å². The van der Waals surface area contributed by atoms with Crippen LogP contribution in [0.3, 0.4) is 0 Å². The molecule has 2 atom stereocenters. The molecule has 0 aromatic carbocycles. The zero-order valence-electron chi connectivity index (χ0n) is 7.86. The average Bonchev–Trinajstić information content (AvgIpc) is 2.49. The second-order valence-electron chi connectivity index (χ2n) is 3.51. The third-order valence-electron chi connectivity index (χ3n) is 2.26. The van der Waals surface area contributed by atoms with Crippen LogP contribution in [-0.2, 0) is 4.79 Å². The molecule has 1 aliphatic heterocycles. The maximum absolute atomic E-state index is 11.2. The molecule has 13 heavy (non-hydrogen) atoms.